The zero-order valence-electron chi connectivity index (χ0n) is 13.8. The van der Waals surface area contributed by atoms with Gasteiger partial charge in [0.25, 0.3) is 0 Å². The van der Waals surface area contributed by atoms with Crippen molar-refractivity contribution in [3.8, 4) is 11.3 Å². The van der Waals surface area contributed by atoms with Gasteiger partial charge >= 0.3 is 0 Å². The summed E-state index contributed by atoms with van der Waals surface area (Å²) in [6.45, 7) is 0.177. The summed E-state index contributed by atoms with van der Waals surface area (Å²) in [4.78, 5) is 11.0. The Morgan fingerprint density at radius 3 is 2.56 bits per heavy atom. The van der Waals surface area contributed by atoms with Crippen LogP contribution in [0.2, 0.25) is 15.1 Å². The molecule has 0 N–H and O–H groups in total. The minimum absolute atomic E-state index is 0.177. The molecule has 2 heterocycles. The van der Waals surface area contributed by atoms with Crippen LogP contribution in [-0.2, 0) is 11.4 Å². The van der Waals surface area contributed by atoms with Crippen molar-refractivity contribution in [1.29, 1.82) is 0 Å². The van der Waals surface area contributed by atoms with E-state index in [2.05, 4.69) is 10.1 Å². The molecule has 0 amide bonds. The number of halogens is 3. The maximum Gasteiger partial charge on any atom is 0.194 e. The summed E-state index contributed by atoms with van der Waals surface area (Å²) in [6.07, 6.45) is 3.58. The van der Waals surface area contributed by atoms with Gasteiger partial charge in [-0.2, -0.15) is 0 Å². The van der Waals surface area contributed by atoms with Gasteiger partial charge < -0.3 is 4.84 Å². The van der Waals surface area contributed by atoms with Crippen molar-refractivity contribution in [2.75, 3.05) is 0 Å². The largest absolute Gasteiger partial charge is 0.391 e. The highest BCUT2D eigenvalue weighted by Gasteiger charge is 2.14. The highest BCUT2D eigenvalue weighted by Crippen LogP contribution is 2.27. The molecule has 4 aromatic rings. The van der Waals surface area contributed by atoms with E-state index in [1.165, 1.54) is 0 Å². The molecule has 0 fully saturated rings. The predicted molar refractivity (Wildman–Crippen MR) is 112 cm³/mol. The fourth-order valence-corrected chi connectivity index (χ4v) is 3.96. The molecule has 0 unspecified atom stereocenters. The molecule has 0 bridgehead atoms. The van der Waals surface area contributed by atoms with Gasteiger partial charge in [0.1, 0.15) is 6.61 Å². The van der Waals surface area contributed by atoms with E-state index in [0.29, 0.717) is 20.6 Å². The van der Waals surface area contributed by atoms with Crippen LogP contribution in [0.4, 0.5) is 0 Å². The van der Waals surface area contributed by atoms with Crippen molar-refractivity contribution in [3.05, 3.63) is 80.4 Å². The smallest absolute Gasteiger partial charge is 0.194 e. The van der Waals surface area contributed by atoms with Crippen molar-refractivity contribution in [1.82, 2.24) is 9.38 Å². The Morgan fingerprint density at radius 1 is 1.07 bits per heavy atom. The standard InChI is InChI=1S/C19H12Cl3N3OS/c20-13-6-4-12(5-7-13)18-17(25-8-9-27-19(25)24-18)10-23-26-11-14-15(21)2-1-3-16(14)22/h1-10H,11H2. The Bertz CT molecular complexity index is 1100. The van der Waals surface area contributed by atoms with E-state index in [4.69, 9.17) is 39.6 Å². The number of fused-ring (bicyclic) bond motifs is 1. The Kier molecular flexibility index (Phi) is 5.36. The molecule has 4 nitrogen and oxygen atoms in total. The lowest BCUT2D eigenvalue weighted by molar-refractivity contribution is 0.132. The highest BCUT2D eigenvalue weighted by atomic mass is 35.5. The average Bonchev–Trinajstić information content (AvgIpc) is 3.23. The number of nitrogens with zero attached hydrogens (tertiary/aromatic N) is 3. The minimum Gasteiger partial charge on any atom is -0.391 e. The summed E-state index contributed by atoms with van der Waals surface area (Å²) >= 11 is 19.8. The molecule has 4 rings (SSSR count). The van der Waals surface area contributed by atoms with Crippen molar-refractivity contribution in [3.63, 3.8) is 0 Å². The van der Waals surface area contributed by atoms with E-state index in [9.17, 15) is 0 Å². The van der Waals surface area contributed by atoms with Crippen LogP contribution in [0, 0.1) is 0 Å². The molecule has 0 aliphatic rings. The molecule has 0 spiro atoms. The van der Waals surface area contributed by atoms with E-state index in [0.717, 1.165) is 21.9 Å². The molecule has 2 aromatic heterocycles. The highest BCUT2D eigenvalue weighted by molar-refractivity contribution is 7.15. The molecule has 0 aliphatic heterocycles. The van der Waals surface area contributed by atoms with E-state index >= 15 is 0 Å². The van der Waals surface area contributed by atoms with E-state index in [1.54, 1.807) is 35.8 Å². The number of benzene rings is 2. The van der Waals surface area contributed by atoms with Gasteiger partial charge in [-0.25, -0.2) is 4.98 Å². The zero-order chi connectivity index (χ0) is 18.8. The summed E-state index contributed by atoms with van der Waals surface area (Å²) in [7, 11) is 0. The van der Waals surface area contributed by atoms with Crippen LogP contribution in [0.25, 0.3) is 16.2 Å². The predicted octanol–water partition coefficient (Wildman–Crippen LogP) is 6.57. The normalized spacial score (nSPS) is 11.5. The number of hydrogen-bond acceptors (Lipinski definition) is 4. The summed E-state index contributed by atoms with van der Waals surface area (Å²) in [5, 5.41) is 7.84. The molecule has 0 saturated heterocycles. The summed E-state index contributed by atoms with van der Waals surface area (Å²) in [5.41, 5.74) is 3.27. The third kappa shape index (κ3) is 3.82. The molecule has 0 radical (unpaired) electrons. The first-order chi connectivity index (χ1) is 13.1. The topological polar surface area (TPSA) is 38.9 Å². The summed E-state index contributed by atoms with van der Waals surface area (Å²) in [6, 6.07) is 12.8. The Morgan fingerprint density at radius 2 is 1.81 bits per heavy atom. The number of thiazole rings is 1. The van der Waals surface area contributed by atoms with Crippen molar-refractivity contribution >= 4 is 57.3 Å². The fraction of sp³-hybridized carbons (Fsp3) is 0.0526. The maximum atomic E-state index is 6.15. The fourth-order valence-electron chi connectivity index (χ4n) is 2.61. The first kappa shape index (κ1) is 18.3. The molecule has 27 heavy (non-hydrogen) atoms. The lowest BCUT2D eigenvalue weighted by Gasteiger charge is -2.05. The second kappa shape index (κ2) is 7.90. The first-order valence-electron chi connectivity index (χ1n) is 7.93. The molecular weight excluding hydrogens is 425 g/mol. The number of aromatic nitrogens is 2. The van der Waals surface area contributed by atoms with E-state index in [-0.39, 0.29) is 6.61 Å². The summed E-state index contributed by atoms with van der Waals surface area (Å²) < 4.78 is 1.96. The van der Waals surface area contributed by atoms with Crippen LogP contribution in [0.15, 0.2) is 59.2 Å². The van der Waals surface area contributed by atoms with Gasteiger partial charge in [-0.3, -0.25) is 4.40 Å². The molecule has 8 heteroatoms. The van der Waals surface area contributed by atoms with Crippen LogP contribution in [0.3, 0.4) is 0 Å². The number of oxime groups is 1. The quantitative estimate of drug-likeness (QED) is 0.262. The molecule has 136 valence electrons. The molecular formula is C19H12Cl3N3OS. The Labute approximate surface area is 174 Å². The Hall–Kier alpha value is -2.05. The van der Waals surface area contributed by atoms with Gasteiger partial charge in [-0.05, 0) is 24.3 Å². The lowest BCUT2D eigenvalue weighted by atomic mass is 10.1. The van der Waals surface area contributed by atoms with Gasteiger partial charge in [-0.1, -0.05) is 58.2 Å². The summed E-state index contributed by atoms with van der Waals surface area (Å²) in [5.74, 6) is 0. The van der Waals surface area contributed by atoms with Crippen molar-refractivity contribution in [2.24, 2.45) is 5.16 Å². The molecule has 0 atom stereocenters. The zero-order valence-corrected chi connectivity index (χ0v) is 16.9. The van der Waals surface area contributed by atoms with E-state index in [1.807, 2.05) is 40.2 Å². The molecule has 0 aliphatic carbocycles. The van der Waals surface area contributed by atoms with Crippen LogP contribution < -0.4 is 0 Å². The third-order valence-electron chi connectivity index (χ3n) is 3.94. The van der Waals surface area contributed by atoms with Gasteiger partial charge in [0.2, 0.25) is 0 Å². The second-order valence-electron chi connectivity index (χ2n) is 5.62. The Balaban J connectivity index is 1.61. The molecule has 2 aromatic carbocycles. The average molecular weight is 437 g/mol. The van der Waals surface area contributed by atoms with Crippen LogP contribution in [-0.4, -0.2) is 15.6 Å². The lowest BCUT2D eigenvalue weighted by Crippen LogP contribution is -1.94. The van der Waals surface area contributed by atoms with Crippen molar-refractivity contribution < 1.29 is 4.84 Å². The van der Waals surface area contributed by atoms with Gasteiger partial charge in [0, 0.05) is 37.8 Å². The second-order valence-corrected chi connectivity index (χ2v) is 7.74. The number of hydrogen-bond donors (Lipinski definition) is 0. The SMILES string of the molecule is Clc1ccc(-c2nc3sccn3c2C=NOCc2c(Cl)cccc2Cl)cc1. The molecule has 0 saturated carbocycles. The van der Waals surface area contributed by atoms with Crippen molar-refractivity contribution in [2.45, 2.75) is 6.61 Å². The van der Waals surface area contributed by atoms with E-state index < -0.39 is 0 Å². The minimum atomic E-state index is 0.177. The number of rotatable bonds is 5. The number of imidazole rings is 1. The first-order valence-corrected chi connectivity index (χ1v) is 9.94. The van der Waals surface area contributed by atoms with Crippen LogP contribution in [0.1, 0.15) is 11.3 Å². The maximum absolute atomic E-state index is 6.15. The van der Waals surface area contributed by atoms with Gasteiger partial charge in [0.05, 0.1) is 17.6 Å². The third-order valence-corrected chi connectivity index (χ3v) is 5.65. The monoisotopic (exact) mass is 435 g/mol. The van der Waals surface area contributed by atoms with Crippen LogP contribution >= 0.6 is 46.1 Å². The van der Waals surface area contributed by atoms with Gasteiger partial charge in [0.15, 0.2) is 4.96 Å². The van der Waals surface area contributed by atoms with Gasteiger partial charge in [-0.15, -0.1) is 11.3 Å². The van der Waals surface area contributed by atoms with Crippen LogP contribution in [0.5, 0.6) is 0 Å².